The van der Waals surface area contributed by atoms with E-state index < -0.39 is 36.2 Å². The van der Waals surface area contributed by atoms with Crippen LogP contribution in [0.3, 0.4) is 0 Å². The molecule has 0 bridgehead atoms. The number of fused-ring (bicyclic) bond motifs is 1. The van der Waals surface area contributed by atoms with Crippen LogP contribution in [0.15, 0.2) is 39.5 Å². The Kier molecular flexibility index (Phi) is 6.30. The zero-order valence-electron chi connectivity index (χ0n) is 19.0. The van der Waals surface area contributed by atoms with Crippen molar-refractivity contribution in [3.8, 4) is 11.9 Å². The van der Waals surface area contributed by atoms with Gasteiger partial charge in [-0.2, -0.15) is 5.26 Å². The van der Waals surface area contributed by atoms with Crippen molar-refractivity contribution >= 4 is 28.5 Å². The van der Waals surface area contributed by atoms with Crippen LogP contribution in [0.1, 0.15) is 47.4 Å². The maximum atomic E-state index is 13.7. The highest BCUT2D eigenvalue weighted by Crippen LogP contribution is 2.35. The summed E-state index contributed by atoms with van der Waals surface area (Å²) in [6.07, 6.45) is -0.867. The van der Waals surface area contributed by atoms with Gasteiger partial charge in [0.25, 0.3) is 5.92 Å². The third kappa shape index (κ3) is 4.59. The molecule has 4 rings (SSSR count). The molecule has 1 aliphatic heterocycles. The second-order valence-corrected chi connectivity index (χ2v) is 8.21. The minimum absolute atomic E-state index is 0.0367. The van der Waals surface area contributed by atoms with E-state index in [2.05, 4.69) is 10.3 Å². The van der Waals surface area contributed by atoms with Gasteiger partial charge in [-0.3, -0.25) is 4.79 Å². The number of carbonyl (C=O) groups is 1. The summed E-state index contributed by atoms with van der Waals surface area (Å²) >= 11 is 0. The first-order valence-corrected chi connectivity index (χ1v) is 10.8. The highest BCUT2D eigenvalue weighted by molar-refractivity contribution is 5.94. The summed E-state index contributed by atoms with van der Waals surface area (Å²) in [4.78, 5) is 30.7. The zero-order chi connectivity index (χ0) is 25.3. The summed E-state index contributed by atoms with van der Waals surface area (Å²) in [6.45, 7) is 1.52. The molecule has 35 heavy (non-hydrogen) atoms. The van der Waals surface area contributed by atoms with Crippen LogP contribution in [0.2, 0.25) is 0 Å². The zero-order valence-corrected chi connectivity index (χ0v) is 19.0. The van der Waals surface area contributed by atoms with Gasteiger partial charge in [-0.15, -0.1) is 0 Å². The molecule has 0 amide bonds. The lowest BCUT2D eigenvalue weighted by atomic mass is 10.1. The van der Waals surface area contributed by atoms with Crippen molar-refractivity contribution in [3.63, 3.8) is 0 Å². The topological polar surface area (TPSA) is 129 Å². The van der Waals surface area contributed by atoms with Gasteiger partial charge in [0.05, 0.1) is 24.1 Å². The smallest absolute Gasteiger partial charge is 0.337 e. The number of piperidine rings is 1. The first-order valence-electron chi connectivity index (χ1n) is 10.8. The fraction of sp³-hybridized carbons (Fsp3) is 0.333. The molecule has 182 valence electrons. The molecule has 0 saturated carbocycles. The fourth-order valence-electron chi connectivity index (χ4n) is 4.04. The standard InChI is InChI=1S/C24H22F2N4O5/c1-13(28-17-6-4-3-5-14(17)23(32)33)19-21-15(11-18(29-19)34-2)20(31)16(12-27)22(35-21)30-9-7-24(25,26)8-10-30/h3-6,11,13,28H,7-10H2,1-2H3,(H,32,33)/t13-/m1/s1. The number of nitrogens with zero attached hydrogens (tertiary/aromatic N) is 3. The van der Waals surface area contributed by atoms with Crippen LogP contribution in [0.4, 0.5) is 20.4 Å². The number of benzene rings is 1. The van der Waals surface area contributed by atoms with Crippen molar-refractivity contribution < 1.29 is 27.8 Å². The number of aromatic carboxylic acids is 1. The number of pyridine rings is 1. The average Bonchev–Trinajstić information content (AvgIpc) is 2.83. The minimum Gasteiger partial charge on any atom is -0.481 e. The predicted molar refractivity (Wildman–Crippen MR) is 123 cm³/mol. The van der Waals surface area contributed by atoms with Gasteiger partial charge in [0, 0.05) is 37.7 Å². The summed E-state index contributed by atoms with van der Waals surface area (Å²) in [5.41, 5.74) is -0.297. The van der Waals surface area contributed by atoms with E-state index in [0.29, 0.717) is 5.69 Å². The lowest BCUT2D eigenvalue weighted by Crippen LogP contribution is -2.40. The van der Waals surface area contributed by atoms with Crippen molar-refractivity contribution in [2.75, 3.05) is 30.4 Å². The molecule has 0 aliphatic carbocycles. The van der Waals surface area contributed by atoms with Gasteiger partial charge < -0.3 is 24.5 Å². The molecule has 3 aromatic rings. The highest BCUT2D eigenvalue weighted by Gasteiger charge is 2.36. The van der Waals surface area contributed by atoms with E-state index in [1.807, 2.05) is 6.07 Å². The van der Waals surface area contributed by atoms with Crippen molar-refractivity contribution in [2.24, 2.45) is 0 Å². The molecule has 0 unspecified atom stereocenters. The van der Waals surface area contributed by atoms with Crippen molar-refractivity contribution in [1.82, 2.24) is 4.98 Å². The summed E-state index contributed by atoms with van der Waals surface area (Å²) in [7, 11) is 1.37. The van der Waals surface area contributed by atoms with E-state index in [9.17, 15) is 28.7 Å². The van der Waals surface area contributed by atoms with E-state index in [1.54, 1.807) is 25.1 Å². The predicted octanol–water partition coefficient (Wildman–Crippen LogP) is 4.18. The molecule has 0 radical (unpaired) electrons. The molecule has 2 N–H and O–H groups in total. The largest absolute Gasteiger partial charge is 0.481 e. The van der Waals surface area contributed by atoms with Gasteiger partial charge in [0.2, 0.25) is 17.2 Å². The van der Waals surface area contributed by atoms with Gasteiger partial charge >= 0.3 is 5.97 Å². The van der Waals surface area contributed by atoms with Crippen LogP contribution in [-0.4, -0.2) is 42.2 Å². The normalized spacial score (nSPS) is 15.9. The van der Waals surface area contributed by atoms with E-state index >= 15 is 0 Å². The van der Waals surface area contributed by atoms with Crippen molar-refractivity contribution in [1.29, 1.82) is 5.26 Å². The second kappa shape index (κ2) is 9.21. The Balaban J connectivity index is 1.86. The monoisotopic (exact) mass is 484 g/mol. The number of carboxylic acid groups (broad SMARTS) is 1. The first-order chi connectivity index (χ1) is 16.6. The first kappa shape index (κ1) is 23.9. The SMILES string of the molecule is COc1cc2c(=O)c(C#N)c(N3CCC(F)(F)CC3)oc2c([C@@H](C)Nc2ccccc2C(=O)O)n1. The van der Waals surface area contributed by atoms with Crippen LogP contribution >= 0.6 is 0 Å². The number of para-hydroxylation sites is 1. The third-order valence-corrected chi connectivity index (χ3v) is 5.90. The maximum absolute atomic E-state index is 13.7. The Morgan fingerprint density at radius 2 is 2.03 bits per heavy atom. The van der Waals surface area contributed by atoms with E-state index in [0.717, 1.165) is 0 Å². The number of halogens is 2. The van der Waals surface area contributed by atoms with E-state index in [4.69, 9.17) is 9.15 Å². The van der Waals surface area contributed by atoms with Crippen LogP contribution < -0.4 is 20.4 Å². The Morgan fingerprint density at radius 3 is 2.66 bits per heavy atom. The number of nitriles is 1. The summed E-state index contributed by atoms with van der Waals surface area (Å²) < 4.78 is 38.7. The summed E-state index contributed by atoms with van der Waals surface area (Å²) in [5.74, 6) is -3.95. The Morgan fingerprint density at radius 1 is 1.34 bits per heavy atom. The molecule has 1 atom stereocenters. The highest BCUT2D eigenvalue weighted by atomic mass is 19.3. The van der Waals surface area contributed by atoms with Gasteiger partial charge in [0.1, 0.15) is 11.8 Å². The van der Waals surface area contributed by atoms with E-state index in [1.165, 1.54) is 24.1 Å². The number of hydrogen-bond donors (Lipinski definition) is 2. The lowest BCUT2D eigenvalue weighted by molar-refractivity contribution is -0.0225. The Labute approximate surface area is 198 Å². The number of nitrogens with one attached hydrogen (secondary N) is 1. The molecule has 1 aliphatic rings. The van der Waals surface area contributed by atoms with Gasteiger partial charge in [0.15, 0.2) is 11.1 Å². The van der Waals surface area contributed by atoms with Crippen LogP contribution in [-0.2, 0) is 0 Å². The van der Waals surface area contributed by atoms with Crippen molar-refractivity contribution in [3.05, 3.63) is 57.4 Å². The third-order valence-electron chi connectivity index (χ3n) is 5.90. The van der Waals surface area contributed by atoms with Crippen LogP contribution in [0.25, 0.3) is 11.0 Å². The Bertz CT molecular complexity index is 1390. The van der Waals surface area contributed by atoms with Crippen molar-refractivity contribution in [2.45, 2.75) is 31.7 Å². The number of ether oxygens (including phenoxy) is 1. The summed E-state index contributed by atoms with van der Waals surface area (Å²) in [6, 6.07) is 8.82. The molecule has 9 nitrogen and oxygen atoms in total. The molecule has 11 heteroatoms. The molecule has 2 aromatic heterocycles. The molecular weight excluding hydrogens is 462 g/mol. The molecule has 0 spiro atoms. The molecule has 1 fully saturated rings. The van der Waals surface area contributed by atoms with Crippen LogP contribution in [0, 0.1) is 11.3 Å². The number of alkyl halides is 2. The van der Waals surface area contributed by atoms with Gasteiger partial charge in [-0.25, -0.2) is 18.6 Å². The molecule has 1 aromatic carbocycles. The fourth-order valence-corrected chi connectivity index (χ4v) is 4.04. The lowest BCUT2D eigenvalue weighted by Gasteiger charge is -2.32. The minimum atomic E-state index is -2.82. The van der Waals surface area contributed by atoms with E-state index in [-0.39, 0.29) is 52.6 Å². The number of hydrogen-bond acceptors (Lipinski definition) is 8. The number of carboxylic acids is 1. The number of anilines is 2. The molecule has 1 saturated heterocycles. The number of aromatic nitrogens is 1. The number of rotatable bonds is 6. The average molecular weight is 484 g/mol. The van der Waals surface area contributed by atoms with Gasteiger partial charge in [-0.1, -0.05) is 12.1 Å². The molecule has 3 heterocycles. The quantitative estimate of drug-likeness (QED) is 0.529. The Hall–Kier alpha value is -4.20. The maximum Gasteiger partial charge on any atom is 0.337 e. The van der Waals surface area contributed by atoms with Gasteiger partial charge in [-0.05, 0) is 19.1 Å². The second-order valence-electron chi connectivity index (χ2n) is 8.21. The summed E-state index contributed by atoms with van der Waals surface area (Å²) in [5, 5.41) is 22.3. The van der Waals surface area contributed by atoms with Crippen LogP contribution in [0.5, 0.6) is 5.88 Å². The molecular formula is C24H22F2N4O5. The number of methoxy groups -OCH3 is 1.